The van der Waals surface area contributed by atoms with Crippen LogP contribution in [-0.4, -0.2) is 61.5 Å². The molecule has 1 aromatic rings. The zero-order valence-corrected chi connectivity index (χ0v) is 17.0. The Morgan fingerprint density at radius 1 is 1.11 bits per heavy atom. The molecule has 0 aliphatic carbocycles. The zero-order valence-electron chi connectivity index (χ0n) is 17.0. The van der Waals surface area contributed by atoms with Crippen LogP contribution in [0.2, 0.25) is 0 Å². The molecule has 0 spiro atoms. The first-order valence-corrected chi connectivity index (χ1v) is 9.69. The Kier molecular flexibility index (Phi) is 7.59. The second-order valence-electron chi connectivity index (χ2n) is 8.20. The number of carbonyl (C=O) groups is 2. The van der Waals surface area contributed by atoms with Crippen LogP contribution < -0.4 is 15.5 Å². The maximum Gasteiger partial charge on any atom is 0.225 e. The lowest BCUT2D eigenvalue weighted by molar-refractivity contribution is -0.128. The number of piperazine rings is 1. The second kappa shape index (κ2) is 9.69. The first kappa shape index (κ1) is 21.2. The number of likely N-dealkylation sites (N-methyl/N-ethyl adjacent to an activating group) is 1. The van der Waals surface area contributed by atoms with E-state index in [1.165, 1.54) is 0 Å². The summed E-state index contributed by atoms with van der Waals surface area (Å²) in [5.41, 5.74) is 0.591. The SMILES string of the molecule is CN1CCN(c2ccc(CNC(=O)CCCNC(=O)C(C)(C)C)cn2)CC1. The number of hydrogen-bond acceptors (Lipinski definition) is 5. The van der Waals surface area contributed by atoms with Gasteiger partial charge in [0.15, 0.2) is 0 Å². The molecular formula is C20H33N5O2. The highest BCUT2D eigenvalue weighted by molar-refractivity contribution is 5.81. The number of pyridine rings is 1. The molecule has 0 atom stereocenters. The number of nitrogens with zero attached hydrogens (tertiary/aromatic N) is 3. The highest BCUT2D eigenvalue weighted by atomic mass is 16.2. The average Bonchev–Trinajstić information content (AvgIpc) is 2.63. The minimum atomic E-state index is -0.397. The van der Waals surface area contributed by atoms with Crippen molar-refractivity contribution in [1.29, 1.82) is 0 Å². The Bertz CT molecular complexity index is 616. The summed E-state index contributed by atoms with van der Waals surface area (Å²) in [6.07, 6.45) is 2.86. The quantitative estimate of drug-likeness (QED) is 0.705. The molecule has 0 aromatic carbocycles. The van der Waals surface area contributed by atoms with E-state index in [-0.39, 0.29) is 11.8 Å². The summed E-state index contributed by atoms with van der Waals surface area (Å²) in [6, 6.07) is 4.04. The molecule has 0 radical (unpaired) electrons. The van der Waals surface area contributed by atoms with Gasteiger partial charge in [0, 0.05) is 57.3 Å². The molecule has 7 nitrogen and oxygen atoms in total. The van der Waals surface area contributed by atoms with Crippen molar-refractivity contribution in [3.05, 3.63) is 23.9 Å². The molecule has 1 aliphatic rings. The Morgan fingerprint density at radius 2 is 1.81 bits per heavy atom. The number of nitrogens with one attached hydrogen (secondary N) is 2. The van der Waals surface area contributed by atoms with Gasteiger partial charge in [-0.05, 0) is 25.1 Å². The molecule has 1 saturated heterocycles. The lowest BCUT2D eigenvalue weighted by Crippen LogP contribution is -2.44. The van der Waals surface area contributed by atoms with Crippen molar-refractivity contribution in [2.75, 3.05) is 44.7 Å². The fourth-order valence-electron chi connectivity index (χ4n) is 2.75. The van der Waals surface area contributed by atoms with E-state index in [2.05, 4.69) is 32.5 Å². The number of amides is 2. The van der Waals surface area contributed by atoms with Crippen LogP contribution in [0.25, 0.3) is 0 Å². The highest BCUT2D eigenvalue weighted by Crippen LogP contribution is 2.14. The molecule has 2 rings (SSSR count). The van der Waals surface area contributed by atoms with Gasteiger partial charge in [0.1, 0.15) is 5.82 Å². The van der Waals surface area contributed by atoms with E-state index < -0.39 is 5.41 Å². The van der Waals surface area contributed by atoms with E-state index >= 15 is 0 Å². The van der Waals surface area contributed by atoms with E-state index in [4.69, 9.17) is 0 Å². The van der Waals surface area contributed by atoms with Crippen molar-refractivity contribution in [1.82, 2.24) is 20.5 Å². The predicted molar refractivity (Wildman–Crippen MR) is 107 cm³/mol. The Morgan fingerprint density at radius 3 is 2.41 bits per heavy atom. The van der Waals surface area contributed by atoms with Crippen LogP contribution in [0.5, 0.6) is 0 Å². The summed E-state index contributed by atoms with van der Waals surface area (Å²) < 4.78 is 0. The van der Waals surface area contributed by atoms with Crippen LogP contribution >= 0.6 is 0 Å². The van der Waals surface area contributed by atoms with Gasteiger partial charge in [0.2, 0.25) is 11.8 Å². The van der Waals surface area contributed by atoms with E-state index in [0.717, 1.165) is 37.6 Å². The van der Waals surface area contributed by atoms with Crippen molar-refractivity contribution in [3.63, 3.8) is 0 Å². The van der Waals surface area contributed by atoms with Gasteiger partial charge in [-0.1, -0.05) is 26.8 Å². The maximum absolute atomic E-state index is 11.9. The first-order valence-electron chi connectivity index (χ1n) is 9.69. The zero-order chi connectivity index (χ0) is 19.9. The van der Waals surface area contributed by atoms with Gasteiger partial charge in [-0.25, -0.2) is 4.98 Å². The van der Waals surface area contributed by atoms with Crippen LogP contribution in [0.15, 0.2) is 18.3 Å². The lowest BCUT2D eigenvalue weighted by atomic mass is 9.96. The van der Waals surface area contributed by atoms with Gasteiger partial charge >= 0.3 is 0 Å². The van der Waals surface area contributed by atoms with Crippen molar-refractivity contribution in [2.24, 2.45) is 5.41 Å². The minimum absolute atomic E-state index is 0.00872. The highest BCUT2D eigenvalue weighted by Gasteiger charge is 2.20. The molecule has 0 bridgehead atoms. The monoisotopic (exact) mass is 375 g/mol. The second-order valence-corrected chi connectivity index (χ2v) is 8.20. The number of hydrogen-bond donors (Lipinski definition) is 2. The van der Waals surface area contributed by atoms with Gasteiger partial charge < -0.3 is 20.4 Å². The van der Waals surface area contributed by atoms with Gasteiger partial charge in [-0.2, -0.15) is 0 Å². The van der Waals surface area contributed by atoms with Crippen molar-refractivity contribution >= 4 is 17.6 Å². The molecule has 150 valence electrons. The summed E-state index contributed by atoms with van der Waals surface area (Å²) in [5.74, 6) is 0.991. The maximum atomic E-state index is 11.9. The molecule has 1 fully saturated rings. The lowest BCUT2D eigenvalue weighted by Gasteiger charge is -2.33. The molecule has 1 aliphatic heterocycles. The van der Waals surface area contributed by atoms with Gasteiger partial charge in [0.05, 0.1) is 0 Å². The predicted octanol–water partition coefficient (Wildman–Crippen LogP) is 1.39. The third-order valence-corrected chi connectivity index (χ3v) is 4.67. The van der Waals surface area contributed by atoms with Crippen LogP contribution in [-0.2, 0) is 16.1 Å². The van der Waals surface area contributed by atoms with E-state index in [0.29, 0.717) is 25.9 Å². The van der Waals surface area contributed by atoms with Crippen LogP contribution in [0, 0.1) is 5.41 Å². The number of carbonyl (C=O) groups excluding carboxylic acids is 2. The van der Waals surface area contributed by atoms with Crippen molar-refractivity contribution in [3.8, 4) is 0 Å². The standard InChI is InChI=1S/C20H33N5O2/c1-20(2,3)19(27)21-9-5-6-18(26)23-15-16-7-8-17(22-14-16)25-12-10-24(4)11-13-25/h7-8,14H,5-6,9-13,15H2,1-4H3,(H,21,27)(H,23,26). The smallest absolute Gasteiger partial charge is 0.225 e. The van der Waals surface area contributed by atoms with Gasteiger partial charge in [0.25, 0.3) is 0 Å². The number of aromatic nitrogens is 1. The summed E-state index contributed by atoms with van der Waals surface area (Å²) in [7, 11) is 2.13. The molecule has 2 amide bonds. The van der Waals surface area contributed by atoms with Crippen LogP contribution in [0.3, 0.4) is 0 Å². The Balaban J connectivity index is 1.66. The Labute approximate surface area is 162 Å². The largest absolute Gasteiger partial charge is 0.356 e. The molecule has 0 unspecified atom stereocenters. The fraction of sp³-hybridized carbons (Fsp3) is 0.650. The number of rotatable bonds is 7. The summed E-state index contributed by atoms with van der Waals surface area (Å²) in [6.45, 7) is 10.7. The van der Waals surface area contributed by atoms with Gasteiger partial charge in [-0.15, -0.1) is 0 Å². The molecule has 7 heteroatoms. The average molecular weight is 376 g/mol. The summed E-state index contributed by atoms with van der Waals surface area (Å²) in [4.78, 5) is 32.8. The normalized spacial score (nSPS) is 15.5. The summed E-state index contributed by atoms with van der Waals surface area (Å²) in [5, 5.41) is 5.77. The van der Waals surface area contributed by atoms with Crippen molar-refractivity contribution in [2.45, 2.75) is 40.2 Å². The van der Waals surface area contributed by atoms with Crippen LogP contribution in [0.1, 0.15) is 39.2 Å². The van der Waals surface area contributed by atoms with Crippen LogP contribution in [0.4, 0.5) is 5.82 Å². The first-order chi connectivity index (χ1) is 12.8. The molecule has 2 N–H and O–H groups in total. The molecule has 27 heavy (non-hydrogen) atoms. The fourth-order valence-corrected chi connectivity index (χ4v) is 2.75. The third-order valence-electron chi connectivity index (χ3n) is 4.67. The van der Waals surface area contributed by atoms with Gasteiger partial charge in [-0.3, -0.25) is 9.59 Å². The minimum Gasteiger partial charge on any atom is -0.356 e. The Hall–Kier alpha value is -2.15. The van der Waals surface area contributed by atoms with Crippen molar-refractivity contribution < 1.29 is 9.59 Å². The summed E-state index contributed by atoms with van der Waals surface area (Å²) >= 11 is 0. The molecule has 0 saturated carbocycles. The van der Waals surface area contributed by atoms with E-state index in [1.807, 2.05) is 39.1 Å². The van der Waals surface area contributed by atoms with E-state index in [9.17, 15) is 9.59 Å². The topological polar surface area (TPSA) is 77.6 Å². The number of anilines is 1. The third kappa shape index (κ3) is 7.17. The molecular weight excluding hydrogens is 342 g/mol. The molecule has 1 aromatic heterocycles. The van der Waals surface area contributed by atoms with E-state index in [1.54, 1.807) is 0 Å². The molecule has 2 heterocycles.